The summed E-state index contributed by atoms with van der Waals surface area (Å²) in [7, 11) is 0. The summed E-state index contributed by atoms with van der Waals surface area (Å²) in [6, 6.07) is 28.5. The summed E-state index contributed by atoms with van der Waals surface area (Å²) < 4.78 is 5.87. The first-order valence-corrected chi connectivity index (χ1v) is 9.13. The van der Waals surface area contributed by atoms with Crippen molar-refractivity contribution in [3.63, 3.8) is 0 Å². The fourth-order valence-electron chi connectivity index (χ4n) is 3.35. The van der Waals surface area contributed by atoms with Gasteiger partial charge in [-0.1, -0.05) is 91.0 Å². The lowest BCUT2D eigenvalue weighted by Gasteiger charge is -2.19. The Bertz CT molecular complexity index is 880. The number of carbonyl (C=O) groups excluding carboxylic acids is 2. The fraction of sp³-hybridized carbons (Fsp3) is 0.167. The molecule has 2 unspecified atom stereocenters. The molecule has 27 heavy (non-hydrogen) atoms. The Balaban J connectivity index is 1.49. The van der Waals surface area contributed by atoms with Crippen molar-refractivity contribution in [3.8, 4) is 0 Å². The third kappa shape index (κ3) is 3.82. The molecule has 3 nitrogen and oxygen atoms in total. The Morgan fingerprint density at radius 2 is 1.19 bits per heavy atom. The Labute approximate surface area is 158 Å². The van der Waals surface area contributed by atoms with Gasteiger partial charge >= 0.3 is 5.97 Å². The van der Waals surface area contributed by atoms with Crippen LogP contribution >= 0.6 is 0 Å². The largest absolute Gasteiger partial charge is 0.452 e. The lowest BCUT2D eigenvalue weighted by molar-refractivity contribution is -0.149. The molecule has 2 atom stereocenters. The van der Waals surface area contributed by atoms with Crippen molar-refractivity contribution in [2.75, 3.05) is 0 Å². The SMILES string of the molecule is O=C(OC(c1ccccc1)c1ccccc1)C1CC1C(=O)c1ccccc1. The number of Topliss-reactive ketones (excluding diaryl/α,β-unsaturated/α-hetero) is 1. The van der Waals surface area contributed by atoms with Gasteiger partial charge in [-0.15, -0.1) is 0 Å². The maximum Gasteiger partial charge on any atom is 0.310 e. The number of rotatable bonds is 6. The highest BCUT2D eigenvalue weighted by molar-refractivity contribution is 6.02. The molecule has 3 aromatic rings. The van der Waals surface area contributed by atoms with Crippen molar-refractivity contribution >= 4 is 11.8 Å². The molecule has 0 bridgehead atoms. The Kier molecular flexibility index (Phi) is 4.84. The third-order valence-corrected chi connectivity index (χ3v) is 4.93. The van der Waals surface area contributed by atoms with Gasteiger partial charge in [0.15, 0.2) is 11.9 Å². The fourth-order valence-corrected chi connectivity index (χ4v) is 3.35. The van der Waals surface area contributed by atoms with Crippen LogP contribution in [0.25, 0.3) is 0 Å². The highest BCUT2D eigenvalue weighted by Gasteiger charge is 2.49. The summed E-state index contributed by atoms with van der Waals surface area (Å²) in [5.74, 6) is -0.907. The molecule has 0 radical (unpaired) electrons. The maximum absolute atomic E-state index is 12.7. The molecule has 1 fully saturated rings. The second-order valence-electron chi connectivity index (χ2n) is 6.82. The van der Waals surface area contributed by atoms with Crippen molar-refractivity contribution in [2.45, 2.75) is 12.5 Å². The molecule has 3 heteroatoms. The minimum atomic E-state index is -0.465. The van der Waals surface area contributed by atoms with Crippen molar-refractivity contribution in [2.24, 2.45) is 11.8 Å². The summed E-state index contributed by atoms with van der Waals surface area (Å²) in [6.07, 6.45) is 0.0936. The topological polar surface area (TPSA) is 43.4 Å². The molecule has 134 valence electrons. The molecule has 0 spiro atoms. The molecular weight excluding hydrogens is 336 g/mol. The van der Waals surface area contributed by atoms with Crippen LogP contribution in [0.1, 0.15) is 34.0 Å². The Morgan fingerprint density at radius 1 is 0.704 bits per heavy atom. The number of hydrogen-bond acceptors (Lipinski definition) is 3. The van der Waals surface area contributed by atoms with E-state index in [0.29, 0.717) is 12.0 Å². The molecular formula is C24H20O3. The average Bonchev–Trinajstić information content (AvgIpc) is 3.54. The predicted octanol–water partition coefficient (Wildman–Crippen LogP) is 4.84. The van der Waals surface area contributed by atoms with Gasteiger partial charge in [-0.25, -0.2) is 0 Å². The number of benzene rings is 3. The van der Waals surface area contributed by atoms with Gasteiger partial charge in [0.2, 0.25) is 0 Å². The summed E-state index contributed by atoms with van der Waals surface area (Å²) in [6.45, 7) is 0. The molecule has 0 aromatic heterocycles. The van der Waals surface area contributed by atoms with Gasteiger partial charge in [-0.05, 0) is 17.5 Å². The van der Waals surface area contributed by atoms with Gasteiger partial charge in [0, 0.05) is 11.5 Å². The van der Waals surface area contributed by atoms with E-state index < -0.39 is 6.10 Å². The molecule has 0 N–H and O–H groups in total. The van der Waals surface area contributed by atoms with Crippen LogP contribution in [0, 0.1) is 11.8 Å². The van der Waals surface area contributed by atoms with Crippen molar-refractivity contribution in [1.29, 1.82) is 0 Å². The van der Waals surface area contributed by atoms with Crippen LogP contribution < -0.4 is 0 Å². The molecule has 0 saturated heterocycles. The normalized spacial score (nSPS) is 18.1. The number of ether oxygens (including phenoxy) is 1. The van der Waals surface area contributed by atoms with Crippen LogP contribution in [-0.2, 0) is 9.53 Å². The first-order chi connectivity index (χ1) is 13.2. The Hall–Kier alpha value is -3.20. The van der Waals surface area contributed by atoms with Crippen LogP contribution in [0.15, 0.2) is 91.0 Å². The van der Waals surface area contributed by atoms with E-state index in [0.717, 1.165) is 11.1 Å². The summed E-state index contributed by atoms with van der Waals surface area (Å²) in [5, 5.41) is 0. The maximum atomic E-state index is 12.7. The molecule has 0 heterocycles. The van der Waals surface area contributed by atoms with E-state index in [1.165, 1.54) is 0 Å². The van der Waals surface area contributed by atoms with E-state index in [1.54, 1.807) is 12.1 Å². The molecule has 0 amide bonds. The zero-order valence-electron chi connectivity index (χ0n) is 14.8. The Morgan fingerprint density at radius 3 is 1.70 bits per heavy atom. The van der Waals surface area contributed by atoms with Crippen molar-refractivity contribution < 1.29 is 14.3 Å². The van der Waals surface area contributed by atoms with Gasteiger partial charge in [0.1, 0.15) is 0 Å². The van der Waals surface area contributed by atoms with Crippen LogP contribution in [0.5, 0.6) is 0 Å². The van der Waals surface area contributed by atoms with Crippen LogP contribution in [0.2, 0.25) is 0 Å². The highest BCUT2D eigenvalue weighted by atomic mass is 16.5. The lowest BCUT2D eigenvalue weighted by Crippen LogP contribution is -2.16. The zero-order chi connectivity index (χ0) is 18.6. The third-order valence-electron chi connectivity index (χ3n) is 4.93. The molecule has 4 rings (SSSR count). The summed E-state index contributed by atoms with van der Waals surface area (Å²) >= 11 is 0. The smallest absolute Gasteiger partial charge is 0.310 e. The summed E-state index contributed by atoms with van der Waals surface area (Å²) in [5.41, 5.74) is 2.49. The van der Waals surface area contributed by atoms with Crippen molar-refractivity contribution in [3.05, 3.63) is 108 Å². The van der Waals surface area contributed by atoms with E-state index in [1.807, 2.05) is 78.9 Å². The minimum absolute atomic E-state index is 0.0218. The molecule has 1 saturated carbocycles. The zero-order valence-corrected chi connectivity index (χ0v) is 14.8. The monoisotopic (exact) mass is 356 g/mol. The van der Waals surface area contributed by atoms with E-state index >= 15 is 0 Å². The van der Waals surface area contributed by atoms with Crippen LogP contribution in [-0.4, -0.2) is 11.8 Å². The quantitative estimate of drug-likeness (QED) is 0.469. The van der Waals surface area contributed by atoms with Crippen LogP contribution in [0.4, 0.5) is 0 Å². The van der Waals surface area contributed by atoms with Gasteiger partial charge in [0.25, 0.3) is 0 Å². The number of hydrogen-bond donors (Lipinski definition) is 0. The number of carbonyl (C=O) groups is 2. The van der Waals surface area contributed by atoms with E-state index in [9.17, 15) is 9.59 Å². The number of esters is 1. The standard InChI is InChI=1S/C24H20O3/c25-22(17-10-4-1-5-11-17)20-16-21(20)24(26)27-23(18-12-6-2-7-13-18)19-14-8-3-9-15-19/h1-15,20-21,23H,16H2. The highest BCUT2D eigenvalue weighted by Crippen LogP contribution is 2.43. The average molecular weight is 356 g/mol. The first kappa shape index (κ1) is 17.2. The van der Waals surface area contributed by atoms with E-state index in [-0.39, 0.29) is 23.6 Å². The molecule has 3 aromatic carbocycles. The number of ketones is 1. The van der Waals surface area contributed by atoms with Gasteiger partial charge in [-0.3, -0.25) is 9.59 Å². The molecule has 1 aliphatic rings. The van der Waals surface area contributed by atoms with Gasteiger partial charge in [0.05, 0.1) is 5.92 Å². The second-order valence-corrected chi connectivity index (χ2v) is 6.82. The van der Waals surface area contributed by atoms with Crippen molar-refractivity contribution in [1.82, 2.24) is 0 Å². The second kappa shape index (κ2) is 7.58. The van der Waals surface area contributed by atoms with Crippen LogP contribution in [0.3, 0.4) is 0 Å². The van der Waals surface area contributed by atoms with E-state index in [4.69, 9.17) is 4.74 Å². The predicted molar refractivity (Wildman–Crippen MR) is 103 cm³/mol. The molecule has 1 aliphatic carbocycles. The van der Waals surface area contributed by atoms with E-state index in [2.05, 4.69) is 0 Å². The molecule has 0 aliphatic heterocycles. The van der Waals surface area contributed by atoms with Gasteiger partial charge < -0.3 is 4.74 Å². The lowest BCUT2D eigenvalue weighted by atomic mass is 10.0. The first-order valence-electron chi connectivity index (χ1n) is 9.13. The minimum Gasteiger partial charge on any atom is -0.452 e. The van der Waals surface area contributed by atoms with Gasteiger partial charge in [-0.2, -0.15) is 0 Å². The summed E-state index contributed by atoms with van der Waals surface area (Å²) in [4.78, 5) is 25.3.